The lowest BCUT2D eigenvalue weighted by Crippen LogP contribution is -2.65. The fourth-order valence-electron chi connectivity index (χ4n) is 3.74. The van der Waals surface area contributed by atoms with Crippen molar-refractivity contribution < 1.29 is 9.16 Å². The summed E-state index contributed by atoms with van der Waals surface area (Å²) in [5.74, 6) is 0.339. The molecule has 0 aromatic rings. The van der Waals surface area contributed by atoms with Crippen LogP contribution in [0.2, 0.25) is 13.1 Å². The smallest absolute Gasteiger partial charge is 0.239 e. The zero-order valence-electron chi connectivity index (χ0n) is 16.3. The van der Waals surface area contributed by atoms with Crippen molar-refractivity contribution in [3.63, 3.8) is 0 Å². The fourth-order valence-corrected chi connectivity index (χ4v) is 6.69. The van der Waals surface area contributed by atoms with Crippen LogP contribution in [0.1, 0.15) is 84.5 Å². The van der Waals surface area contributed by atoms with Gasteiger partial charge in [-0.3, -0.25) is 5.41 Å². The number of nitrogens with one attached hydrogen (secondary N) is 2. The van der Waals surface area contributed by atoms with Crippen molar-refractivity contribution in [3.8, 4) is 0 Å². The second kappa shape index (κ2) is 10.3. The molecule has 1 fully saturated rings. The molecule has 2 N–H and O–H groups in total. The minimum absolute atomic E-state index is 0.339. The zero-order chi connectivity index (χ0) is 18.1. The van der Waals surface area contributed by atoms with Crippen molar-refractivity contribution in [2.24, 2.45) is 0 Å². The third-order valence-electron chi connectivity index (χ3n) is 5.25. The van der Waals surface area contributed by atoms with Crippen molar-refractivity contribution in [3.05, 3.63) is 0 Å². The van der Waals surface area contributed by atoms with E-state index >= 15 is 0 Å². The van der Waals surface area contributed by atoms with Gasteiger partial charge in [-0.05, 0) is 39.3 Å². The van der Waals surface area contributed by atoms with Crippen molar-refractivity contribution in [1.29, 1.82) is 10.8 Å². The highest BCUT2D eigenvalue weighted by Crippen LogP contribution is 2.37. The molecule has 140 valence electrons. The first-order chi connectivity index (χ1) is 11.4. The van der Waals surface area contributed by atoms with Crippen LogP contribution in [-0.4, -0.2) is 31.8 Å². The molecule has 0 saturated carbocycles. The highest BCUT2D eigenvalue weighted by molar-refractivity contribution is 6.78. The molecule has 24 heavy (non-hydrogen) atoms. The number of rotatable bonds is 12. The first-order valence-corrected chi connectivity index (χ1v) is 12.8. The number of unbranched alkanes of at least 4 members (excludes halogenated alkanes) is 7. The summed E-state index contributed by atoms with van der Waals surface area (Å²) < 4.78 is 12.1. The summed E-state index contributed by atoms with van der Waals surface area (Å²) in [5, 5.41) is 15.9. The van der Waals surface area contributed by atoms with Gasteiger partial charge in [-0.25, -0.2) is 0 Å². The maximum Gasteiger partial charge on any atom is 0.239 e. The maximum absolute atomic E-state index is 8.54. The summed E-state index contributed by atoms with van der Waals surface area (Å²) in [4.78, 5) is 0. The fraction of sp³-hybridized carbons (Fsp3) is 0.895. The molecule has 1 heterocycles. The predicted molar refractivity (Wildman–Crippen MR) is 105 cm³/mol. The van der Waals surface area contributed by atoms with Crippen LogP contribution in [0.4, 0.5) is 0 Å². The quantitative estimate of drug-likeness (QED) is 0.341. The molecule has 0 radical (unpaired) electrons. The Morgan fingerprint density at radius 1 is 0.958 bits per heavy atom. The lowest BCUT2D eigenvalue weighted by Gasteiger charge is -2.47. The van der Waals surface area contributed by atoms with Crippen LogP contribution in [-0.2, 0) is 9.16 Å². The van der Waals surface area contributed by atoms with Crippen LogP contribution in [0, 0.1) is 10.8 Å². The normalized spacial score (nSPS) is 21.8. The van der Waals surface area contributed by atoms with E-state index in [0.29, 0.717) is 31.1 Å². The largest absolute Gasteiger partial charge is 0.470 e. The highest BCUT2D eigenvalue weighted by atomic mass is 28.4. The average Bonchev–Trinajstić information content (AvgIpc) is 2.53. The van der Waals surface area contributed by atoms with Crippen LogP contribution >= 0.6 is 0 Å². The molecule has 0 aliphatic carbocycles. The minimum Gasteiger partial charge on any atom is -0.470 e. The van der Waals surface area contributed by atoms with E-state index in [0.717, 1.165) is 12.8 Å². The van der Waals surface area contributed by atoms with Crippen molar-refractivity contribution in [2.75, 3.05) is 6.61 Å². The summed E-state index contributed by atoms with van der Waals surface area (Å²) >= 11 is 0. The van der Waals surface area contributed by atoms with E-state index in [1.165, 1.54) is 44.9 Å². The Morgan fingerprint density at radius 3 is 2.12 bits per heavy atom. The first kappa shape index (κ1) is 21.4. The van der Waals surface area contributed by atoms with Gasteiger partial charge in [0.25, 0.3) is 0 Å². The van der Waals surface area contributed by atoms with Gasteiger partial charge < -0.3 is 14.6 Å². The van der Waals surface area contributed by atoms with Crippen LogP contribution in [0.5, 0.6) is 0 Å². The first-order valence-electron chi connectivity index (χ1n) is 9.88. The Labute approximate surface area is 149 Å². The standard InChI is InChI=1S/C19H38N2O2Si/c1-5-7-8-9-10-11-12-13-16-19(24(3,4)22-6-2)17(20)14-15-18(21)23-19/h20-21H,5-16H2,1-4H3. The van der Waals surface area contributed by atoms with Gasteiger partial charge in [0, 0.05) is 13.0 Å². The van der Waals surface area contributed by atoms with Gasteiger partial charge in [0.05, 0.1) is 5.71 Å². The van der Waals surface area contributed by atoms with Crippen molar-refractivity contribution >= 4 is 19.9 Å². The number of hydrogen-bond acceptors (Lipinski definition) is 4. The molecule has 1 atom stereocenters. The summed E-state index contributed by atoms with van der Waals surface area (Å²) in [6.07, 6.45) is 12.2. The molecule has 1 rings (SSSR count). The SMILES string of the molecule is CCCCCCCCCCC1([Si](C)(C)OCC)OC(=N)CCC1=N. The van der Waals surface area contributed by atoms with E-state index in [1.54, 1.807) is 0 Å². The maximum atomic E-state index is 8.54. The second-order valence-corrected chi connectivity index (χ2v) is 11.6. The van der Waals surface area contributed by atoms with Crippen LogP contribution in [0.25, 0.3) is 0 Å². The topological polar surface area (TPSA) is 66.2 Å². The van der Waals surface area contributed by atoms with Gasteiger partial charge in [0.15, 0.2) is 11.1 Å². The predicted octanol–water partition coefficient (Wildman–Crippen LogP) is 5.84. The highest BCUT2D eigenvalue weighted by Gasteiger charge is 2.55. The molecular formula is C19H38N2O2Si. The van der Waals surface area contributed by atoms with E-state index in [-0.39, 0.29) is 0 Å². The van der Waals surface area contributed by atoms with E-state index in [9.17, 15) is 0 Å². The molecule has 1 unspecified atom stereocenters. The van der Waals surface area contributed by atoms with E-state index in [1.807, 2.05) is 6.92 Å². The van der Waals surface area contributed by atoms with Crippen LogP contribution < -0.4 is 0 Å². The van der Waals surface area contributed by atoms with E-state index in [2.05, 4.69) is 20.0 Å². The van der Waals surface area contributed by atoms with Crippen LogP contribution in [0.3, 0.4) is 0 Å². The molecule has 0 bridgehead atoms. The molecular weight excluding hydrogens is 316 g/mol. The Bertz CT molecular complexity index is 412. The second-order valence-electron chi connectivity index (χ2n) is 7.50. The third kappa shape index (κ3) is 5.69. The molecule has 0 spiro atoms. The monoisotopic (exact) mass is 354 g/mol. The average molecular weight is 355 g/mol. The number of hydrogen-bond donors (Lipinski definition) is 2. The van der Waals surface area contributed by atoms with Crippen LogP contribution in [0.15, 0.2) is 0 Å². The Morgan fingerprint density at radius 2 is 1.54 bits per heavy atom. The summed E-state index contributed by atoms with van der Waals surface area (Å²) in [6.45, 7) is 9.21. The zero-order valence-corrected chi connectivity index (χ0v) is 17.3. The molecule has 1 aliphatic heterocycles. The lowest BCUT2D eigenvalue weighted by atomic mass is 9.98. The van der Waals surface area contributed by atoms with Gasteiger partial charge >= 0.3 is 0 Å². The molecule has 0 aromatic carbocycles. The van der Waals surface area contributed by atoms with Gasteiger partial charge in [-0.15, -0.1) is 0 Å². The summed E-state index contributed by atoms with van der Waals surface area (Å²) in [5.41, 5.74) is 0.659. The van der Waals surface area contributed by atoms with E-state index in [4.69, 9.17) is 20.0 Å². The molecule has 0 aromatic heterocycles. The Kier molecular flexibility index (Phi) is 9.20. The lowest BCUT2D eigenvalue weighted by molar-refractivity contribution is 0.132. The molecule has 4 nitrogen and oxygen atoms in total. The van der Waals surface area contributed by atoms with Crippen molar-refractivity contribution in [1.82, 2.24) is 0 Å². The minimum atomic E-state index is -2.23. The van der Waals surface area contributed by atoms with Crippen molar-refractivity contribution in [2.45, 2.75) is 103 Å². The molecule has 1 saturated heterocycles. The molecule has 5 heteroatoms. The molecule has 0 amide bonds. The Hall–Kier alpha value is -0.683. The Balaban J connectivity index is 2.57. The van der Waals surface area contributed by atoms with Gasteiger partial charge in [-0.1, -0.05) is 51.9 Å². The van der Waals surface area contributed by atoms with E-state index < -0.39 is 13.5 Å². The third-order valence-corrected chi connectivity index (χ3v) is 8.86. The number of ether oxygens (including phenoxy) is 1. The van der Waals surface area contributed by atoms with Gasteiger partial charge in [0.1, 0.15) is 0 Å². The summed E-state index contributed by atoms with van der Waals surface area (Å²) in [6, 6.07) is 0. The molecule has 1 aliphatic rings. The van der Waals surface area contributed by atoms with Gasteiger partial charge in [0.2, 0.25) is 8.32 Å². The van der Waals surface area contributed by atoms with Gasteiger partial charge in [-0.2, -0.15) is 0 Å². The summed E-state index contributed by atoms with van der Waals surface area (Å²) in [7, 11) is -2.23.